The highest BCUT2D eigenvalue weighted by atomic mass is 16.7. The van der Waals surface area contributed by atoms with Gasteiger partial charge in [0.05, 0.1) is 6.61 Å². The van der Waals surface area contributed by atoms with E-state index in [0.717, 1.165) is 19.5 Å². The average molecular weight is 213 g/mol. The van der Waals surface area contributed by atoms with Gasteiger partial charge in [0, 0.05) is 12.5 Å². The zero-order valence-corrected chi connectivity index (χ0v) is 9.66. The smallest absolute Gasteiger partial charge is 0.338 e. The zero-order chi connectivity index (χ0) is 11.1. The summed E-state index contributed by atoms with van der Waals surface area (Å²) in [6.07, 6.45) is 0.789. The van der Waals surface area contributed by atoms with Crippen LogP contribution < -0.4 is 0 Å². The van der Waals surface area contributed by atoms with E-state index < -0.39 is 0 Å². The van der Waals surface area contributed by atoms with Crippen molar-refractivity contribution in [3.05, 3.63) is 0 Å². The summed E-state index contributed by atoms with van der Waals surface area (Å²) in [5.41, 5.74) is -0.267. The van der Waals surface area contributed by atoms with Crippen LogP contribution in [0.1, 0.15) is 20.3 Å². The maximum atomic E-state index is 11.5. The number of rotatable bonds is 3. The van der Waals surface area contributed by atoms with Gasteiger partial charge in [-0.1, -0.05) is 0 Å². The Morgan fingerprint density at radius 3 is 2.93 bits per heavy atom. The maximum absolute atomic E-state index is 11.5. The first-order valence-electron chi connectivity index (χ1n) is 5.61. The van der Waals surface area contributed by atoms with Crippen molar-refractivity contribution in [1.82, 2.24) is 4.90 Å². The van der Waals surface area contributed by atoms with Crippen LogP contribution in [0, 0.1) is 5.92 Å². The lowest BCUT2D eigenvalue weighted by Gasteiger charge is -2.14. The van der Waals surface area contributed by atoms with E-state index in [0.29, 0.717) is 12.5 Å². The number of carbonyl (C=O) groups is 1. The molecule has 4 nitrogen and oxygen atoms in total. The molecule has 2 fully saturated rings. The van der Waals surface area contributed by atoms with Crippen LogP contribution in [0.2, 0.25) is 0 Å². The van der Waals surface area contributed by atoms with Crippen LogP contribution in [0.15, 0.2) is 0 Å². The van der Waals surface area contributed by atoms with Gasteiger partial charge in [0.25, 0.3) is 0 Å². The molecule has 0 aliphatic carbocycles. The highest BCUT2D eigenvalue weighted by Gasteiger charge is 2.62. The Morgan fingerprint density at radius 1 is 1.67 bits per heavy atom. The number of nitrogens with zero attached hydrogens (tertiary/aromatic N) is 1. The Kier molecular flexibility index (Phi) is 2.73. The van der Waals surface area contributed by atoms with E-state index in [1.807, 2.05) is 13.8 Å². The van der Waals surface area contributed by atoms with Crippen molar-refractivity contribution in [1.29, 1.82) is 0 Å². The first-order chi connectivity index (χ1) is 7.08. The van der Waals surface area contributed by atoms with Crippen molar-refractivity contribution in [3.63, 3.8) is 0 Å². The fourth-order valence-electron chi connectivity index (χ4n) is 2.43. The molecule has 0 aromatic carbocycles. The van der Waals surface area contributed by atoms with Crippen LogP contribution in [-0.2, 0) is 14.3 Å². The number of hydrogen-bond acceptors (Lipinski definition) is 4. The van der Waals surface area contributed by atoms with Crippen LogP contribution in [0.5, 0.6) is 0 Å². The molecule has 0 radical (unpaired) electrons. The molecule has 2 aliphatic heterocycles. The lowest BCUT2D eigenvalue weighted by atomic mass is 9.90. The molecule has 15 heavy (non-hydrogen) atoms. The Labute approximate surface area is 90.5 Å². The van der Waals surface area contributed by atoms with Crippen molar-refractivity contribution in [2.75, 3.05) is 26.7 Å². The minimum Gasteiger partial charge on any atom is -0.464 e. The van der Waals surface area contributed by atoms with Gasteiger partial charge in [-0.05, 0) is 33.9 Å². The standard InChI is InChI=1S/C11H19NO3/c1-4-14-10(13)9-11(2,15-9)8-5-6-12(3)7-8/h8-9H,4-7H2,1-3H3. The summed E-state index contributed by atoms with van der Waals surface area (Å²) in [5.74, 6) is 0.270. The monoisotopic (exact) mass is 213 g/mol. The predicted octanol–water partition coefficient (Wildman–Crippen LogP) is 0.659. The normalized spacial score (nSPS) is 40.5. The molecule has 3 atom stereocenters. The van der Waals surface area contributed by atoms with Gasteiger partial charge in [0.15, 0.2) is 6.10 Å². The van der Waals surface area contributed by atoms with Gasteiger partial charge in [-0.25, -0.2) is 4.79 Å². The van der Waals surface area contributed by atoms with E-state index >= 15 is 0 Å². The summed E-state index contributed by atoms with van der Waals surface area (Å²) in [6, 6.07) is 0. The third kappa shape index (κ3) is 1.88. The number of epoxide rings is 1. The van der Waals surface area contributed by atoms with Crippen molar-refractivity contribution in [2.45, 2.75) is 32.0 Å². The highest BCUT2D eigenvalue weighted by Crippen LogP contribution is 2.46. The number of esters is 1. The molecule has 0 N–H and O–H groups in total. The molecule has 0 aromatic heterocycles. The summed E-state index contributed by atoms with van der Waals surface area (Å²) in [5, 5.41) is 0. The topological polar surface area (TPSA) is 42.1 Å². The van der Waals surface area contributed by atoms with Crippen LogP contribution >= 0.6 is 0 Å². The second-order valence-corrected chi connectivity index (χ2v) is 4.68. The van der Waals surface area contributed by atoms with Crippen molar-refractivity contribution in [3.8, 4) is 0 Å². The van der Waals surface area contributed by atoms with Gasteiger partial charge in [-0.15, -0.1) is 0 Å². The molecule has 86 valence electrons. The summed E-state index contributed by atoms with van der Waals surface area (Å²) >= 11 is 0. The first-order valence-corrected chi connectivity index (χ1v) is 5.61. The Hall–Kier alpha value is -0.610. The van der Waals surface area contributed by atoms with Crippen LogP contribution in [-0.4, -0.2) is 49.3 Å². The number of carbonyl (C=O) groups excluding carboxylic acids is 1. The minimum atomic E-state index is -0.325. The van der Waals surface area contributed by atoms with Gasteiger partial charge < -0.3 is 14.4 Å². The molecular weight excluding hydrogens is 194 g/mol. The molecule has 3 unspecified atom stereocenters. The van der Waals surface area contributed by atoms with Crippen LogP contribution in [0.25, 0.3) is 0 Å². The number of likely N-dealkylation sites (tertiary alicyclic amines) is 1. The van der Waals surface area contributed by atoms with Crippen molar-refractivity contribution < 1.29 is 14.3 Å². The number of ether oxygens (including phenoxy) is 2. The second-order valence-electron chi connectivity index (χ2n) is 4.68. The van der Waals surface area contributed by atoms with Crippen molar-refractivity contribution in [2.24, 2.45) is 5.92 Å². The molecule has 0 spiro atoms. The molecule has 2 heterocycles. The van der Waals surface area contributed by atoms with Gasteiger partial charge >= 0.3 is 5.97 Å². The summed E-state index contributed by atoms with van der Waals surface area (Å²) in [4.78, 5) is 13.8. The quantitative estimate of drug-likeness (QED) is 0.510. The van der Waals surface area contributed by atoms with Crippen LogP contribution in [0.4, 0.5) is 0 Å². The first kappa shape index (κ1) is 10.9. The van der Waals surface area contributed by atoms with Gasteiger partial charge in [0.1, 0.15) is 5.60 Å². The molecular formula is C11H19NO3. The lowest BCUT2D eigenvalue weighted by Crippen LogP contribution is -2.29. The Balaban J connectivity index is 1.91. The minimum absolute atomic E-state index is 0.199. The Bertz CT molecular complexity index is 269. The van der Waals surface area contributed by atoms with Gasteiger partial charge in [0.2, 0.25) is 0 Å². The fourth-order valence-corrected chi connectivity index (χ4v) is 2.43. The zero-order valence-electron chi connectivity index (χ0n) is 9.66. The van der Waals surface area contributed by atoms with E-state index in [1.165, 1.54) is 0 Å². The molecule has 0 bridgehead atoms. The molecule has 0 aromatic rings. The van der Waals surface area contributed by atoms with E-state index in [4.69, 9.17) is 9.47 Å². The SMILES string of the molecule is CCOC(=O)C1OC1(C)C1CCN(C)C1. The van der Waals surface area contributed by atoms with Crippen LogP contribution in [0.3, 0.4) is 0 Å². The molecule has 0 amide bonds. The molecule has 2 rings (SSSR count). The number of hydrogen-bond donors (Lipinski definition) is 0. The predicted molar refractivity (Wildman–Crippen MR) is 55.5 cm³/mol. The van der Waals surface area contributed by atoms with Gasteiger partial charge in [-0.2, -0.15) is 0 Å². The van der Waals surface area contributed by atoms with E-state index in [1.54, 1.807) is 0 Å². The van der Waals surface area contributed by atoms with E-state index in [9.17, 15) is 4.79 Å². The Morgan fingerprint density at radius 2 is 2.40 bits per heavy atom. The fraction of sp³-hybridized carbons (Fsp3) is 0.909. The average Bonchev–Trinajstić information content (AvgIpc) is 2.67. The lowest BCUT2D eigenvalue weighted by molar-refractivity contribution is -0.144. The largest absolute Gasteiger partial charge is 0.464 e. The third-order valence-corrected chi connectivity index (χ3v) is 3.54. The molecule has 0 saturated carbocycles. The third-order valence-electron chi connectivity index (χ3n) is 3.54. The van der Waals surface area contributed by atoms with Gasteiger partial charge in [-0.3, -0.25) is 0 Å². The summed E-state index contributed by atoms with van der Waals surface area (Å²) in [7, 11) is 2.10. The molecule has 4 heteroatoms. The summed E-state index contributed by atoms with van der Waals surface area (Å²) in [6.45, 7) is 6.39. The van der Waals surface area contributed by atoms with Crippen molar-refractivity contribution >= 4 is 5.97 Å². The maximum Gasteiger partial charge on any atom is 0.338 e. The molecule has 2 saturated heterocycles. The highest BCUT2D eigenvalue weighted by molar-refractivity contribution is 5.79. The second kappa shape index (κ2) is 3.76. The van der Waals surface area contributed by atoms with E-state index in [-0.39, 0.29) is 17.7 Å². The summed E-state index contributed by atoms with van der Waals surface area (Å²) < 4.78 is 10.5. The molecule has 2 aliphatic rings. The van der Waals surface area contributed by atoms with E-state index in [2.05, 4.69) is 11.9 Å².